The average molecular weight is 408 g/mol. The molecular formula is C20H30ClN5O2. The van der Waals surface area contributed by atoms with Gasteiger partial charge < -0.3 is 20.6 Å². The summed E-state index contributed by atoms with van der Waals surface area (Å²) < 4.78 is 1.72. The Bertz CT molecular complexity index is 774. The van der Waals surface area contributed by atoms with Crippen LogP contribution in [0.25, 0.3) is 0 Å². The van der Waals surface area contributed by atoms with Gasteiger partial charge in [0, 0.05) is 32.7 Å². The molecule has 0 aromatic carbocycles. The Morgan fingerprint density at radius 3 is 2.68 bits per heavy atom. The van der Waals surface area contributed by atoms with Crippen LogP contribution in [0.3, 0.4) is 0 Å². The van der Waals surface area contributed by atoms with E-state index in [1.54, 1.807) is 4.68 Å². The predicted octanol–water partition coefficient (Wildman–Crippen LogP) is 1.54. The van der Waals surface area contributed by atoms with E-state index < -0.39 is 5.60 Å². The third-order valence-electron chi connectivity index (χ3n) is 7.63. The second-order valence-electron chi connectivity index (χ2n) is 9.56. The maximum atomic E-state index is 13.1. The molecule has 6 rings (SSSR count). The Labute approximate surface area is 170 Å². The fourth-order valence-electron chi connectivity index (χ4n) is 6.60. The molecular weight excluding hydrogens is 378 g/mol. The standard InChI is InChI=1S/C20H30ClN5O2/c1-25(14-3-4-22-10-14)19-15(21)17(24-26(19)2)18(27)23-16-12-5-11-6-13(16)9-20(28,7-11)8-12/h11-14,16,22,28H,3-10H2,1-2H3,(H,23,27)/t11?,12?,13?,14-,16?,20?/m0/s1. The first-order chi connectivity index (χ1) is 13.3. The fraction of sp³-hybridized carbons (Fsp3) is 0.800. The van der Waals surface area contributed by atoms with Gasteiger partial charge >= 0.3 is 0 Å². The highest BCUT2D eigenvalue weighted by Gasteiger charge is 2.55. The number of nitrogens with zero attached hydrogens (tertiary/aromatic N) is 3. The van der Waals surface area contributed by atoms with Gasteiger partial charge in [0.2, 0.25) is 0 Å². The summed E-state index contributed by atoms with van der Waals surface area (Å²) in [6.45, 7) is 1.91. The largest absolute Gasteiger partial charge is 0.390 e. The van der Waals surface area contributed by atoms with E-state index in [0.29, 0.717) is 34.5 Å². The zero-order valence-electron chi connectivity index (χ0n) is 16.6. The number of halogens is 1. The van der Waals surface area contributed by atoms with Crippen LogP contribution in [0, 0.1) is 17.8 Å². The number of likely N-dealkylation sites (N-methyl/N-ethyl adjacent to an activating group) is 1. The number of aliphatic hydroxyl groups is 1. The summed E-state index contributed by atoms with van der Waals surface area (Å²) in [4.78, 5) is 15.2. The van der Waals surface area contributed by atoms with Gasteiger partial charge in [-0.25, -0.2) is 0 Å². The molecule has 5 aliphatic rings. The molecule has 2 heterocycles. The lowest BCUT2D eigenvalue weighted by molar-refractivity contribution is -0.136. The molecule has 0 radical (unpaired) electrons. The first kappa shape index (κ1) is 18.7. The van der Waals surface area contributed by atoms with Crippen LogP contribution in [-0.4, -0.2) is 58.6 Å². The Morgan fingerprint density at radius 1 is 1.36 bits per heavy atom. The molecule has 154 valence electrons. The van der Waals surface area contributed by atoms with Crippen LogP contribution < -0.4 is 15.5 Å². The highest BCUT2D eigenvalue weighted by Crippen LogP contribution is 2.55. The number of aromatic nitrogens is 2. The molecule has 3 atom stereocenters. The first-order valence-electron chi connectivity index (χ1n) is 10.5. The van der Waals surface area contributed by atoms with Crippen molar-refractivity contribution in [2.75, 3.05) is 25.0 Å². The molecule has 28 heavy (non-hydrogen) atoms. The van der Waals surface area contributed by atoms with Gasteiger partial charge in [-0.1, -0.05) is 11.6 Å². The maximum Gasteiger partial charge on any atom is 0.273 e. The highest BCUT2D eigenvalue weighted by atomic mass is 35.5. The van der Waals surface area contributed by atoms with Crippen molar-refractivity contribution in [3.63, 3.8) is 0 Å². The second-order valence-corrected chi connectivity index (χ2v) is 9.94. The molecule has 1 amide bonds. The van der Waals surface area contributed by atoms with Gasteiger partial charge in [-0.2, -0.15) is 5.10 Å². The molecule has 2 unspecified atom stereocenters. The lowest BCUT2D eigenvalue weighted by Gasteiger charge is -2.58. The summed E-state index contributed by atoms with van der Waals surface area (Å²) in [7, 11) is 3.86. The van der Waals surface area contributed by atoms with Gasteiger partial charge in [0.1, 0.15) is 10.8 Å². The lowest BCUT2D eigenvalue weighted by Crippen LogP contribution is -2.61. The van der Waals surface area contributed by atoms with E-state index in [9.17, 15) is 9.90 Å². The summed E-state index contributed by atoms with van der Waals surface area (Å²) in [5, 5.41) is 22.3. The smallest absolute Gasteiger partial charge is 0.273 e. The van der Waals surface area contributed by atoms with Crippen molar-refractivity contribution >= 4 is 23.3 Å². The van der Waals surface area contributed by atoms with Crippen LogP contribution in [0.1, 0.15) is 49.0 Å². The number of anilines is 1. The number of amides is 1. The summed E-state index contributed by atoms with van der Waals surface area (Å²) in [5.41, 5.74) is -0.185. The number of carbonyl (C=O) groups is 1. The van der Waals surface area contributed by atoms with Gasteiger partial charge in [-0.05, 0) is 62.8 Å². The zero-order chi connectivity index (χ0) is 19.6. The van der Waals surface area contributed by atoms with E-state index in [4.69, 9.17) is 11.6 Å². The Balaban J connectivity index is 1.34. The van der Waals surface area contributed by atoms with Crippen molar-refractivity contribution in [2.24, 2.45) is 24.8 Å². The predicted molar refractivity (Wildman–Crippen MR) is 108 cm³/mol. The monoisotopic (exact) mass is 407 g/mol. The molecule has 5 fully saturated rings. The van der Waals surface area contributed by atoms with E-state index in [0.717, 1.165) is 57.4 Å². The van der Waals surface area contributed by atoms with Crippen molar-refractivity contribution < 1.29 is 9.90 Å². The Morgan fingerprint density at radius 2 is 2.07 bits per heavy atom. The normalized spacial score (nSPS) is 38.8. The summed E-state index contributed by atoms with van der Waals surface area (Å²) >= 11 is 6.64. The Kier molecular flexibility index (Phi) is 4.41. The molecule has 1 aliphatic heterocycles. The molecule has 1 aromatic rings. The van der Waals surface area contributed by atoms with Gasteiger partial charge in [0.25, 0.3) is 5.91 Å². The third-order valence-corrected chi connectivity index (χ3v) is 7.98. The summed E-state index contributed by atoms with van der Waals surface area (Å²) in [5.74, 6) is 1.97. The van der Waals surface area contributed by atoms with E-state index in [-0.39, 0.29) is 11.9 Å². The van der Waals surface area contributed by atoms with Crippen LogP contribution in [0.4, 0.5) is 5.82 Å². The van der Waals surface area contributed by atoms with Crippen molar-refractivity contribution in [1.82, 2.24) is 20.4 Å². The van der Waals surface area contributed by atoms with Crippen molar-refractivity contribution in [3.05, 3.63) is 10.7 Å². The van der Waals surface area contributed by atoms with Crippen molar-refractivity contribution in [3.8, 4) is 0 Å². The van der Waals surface area contributed by atoms with Gasteiger partial charge in [0.05, 0.1) is 5.60 Å². The van der Waals surface area contributed by atoms with Crippen molar-refractivity contribution in [1.29, 1.82) is 0 Å². The van der Waals surface area contributed by atoms with Gasteiger partial charge in [-0.15, -0.1) is 0 Å². The molecule has 7 nitrogen and oxygen atoms in total. The van der Waals surface area contributed by atoms with Crippen molar-refractivity contribution in [2.45, 2.75) is 56.2 Å². The lowest BCUT2D eigenvalue weighted by atomic mass is 9.52. The van der Waals surface area contributed by atoms with E-state index in [2.05, 4.69) is 20.6 Å². The molecule has 8 heteroatoms. The topological polar surface area (TPSA) is 82.4 Å². The minimum atomic E-state index is -0.494. The molecule has 4 bridgehead atoms. The summed E-state index contributed by atoms with van der Waals surface area (Å²) in [6.07, 6.45) is 5.84. The van der Waals surface area contributed by atoms with Crippen LogP contribution in [0.2, 0.25) is 5.02 Å². The SMILES string of the molecule is CN(c1c(Cl)c(C(=O)NC2C3CC4CC2CC(O)(C4)C3)nn1C)[C@H]1CCNC1. The second kappa shape index (κ2) is 6.61. The minimum Gasteiger partial charge on any atom is -0.390 e. The number of carbonyl (C=O) groups excluding carboxylic acids is 1. The average Bonchev–Trinajstić information content (AvgIpc) is 3.24. The number of hydrogen-bond acceptors (Lipinski definition) is 5. The fourth-order valence-corrected chi connectivity index (χ4v) is 6.98. The number of hydrogen-bond donors (Lipinski definition) is 3. The van der Waals surface area contributed by atoms with Crippen LogP contribution >= 0.6 is 11.6 Å². The quantitative estimate of drug-likeness (QED) is 0.705. The van der Waals surface area contributed by atoms with E-state index in [1.165, 1.54) is 0 Å². The summed E-state index contributed by atoms with van der Waals surface area (Å²) in [6, 6.07) is 0.483. The van der Waals surface area contributed by atoms with Crippen LogP contribution in [0.5, 0.6) is 0 Å². The maximum absolute atomic E-state index is 13.1. The Hall–Kier alpha value is -1.31. The van der Waals surface area contributed by atoms with Gasteiger partial charge in [0.15, 0.2) is 5.69 Å². The molecule has 3 N–H and O–H groups in total. The van der Waals surface area contributed by atoms with Crippen LogP contribution in [-0.2, 0) is 7.05 Å². The zero-order valence-corrected chi connectivity index (χ0v) is 17.4. The molecule has 1 saturated heterocycles. The van der Waals surface area contributed by atoms with E-state index >= 15 is 0 Å². The third kappa shape index (κ3) is 2.94. The van der Waals surface area contributed by atoms with Crippen LogP contribution in [0.15, 0.2) is 0 Å². The minimum absolute atomic E-state index is 0.127. The number of nitrogens with one attached hydrogen (secondary N) is 2. The first-order valence-corrected chi connectivity index (χ1v) is 10.9. The number of rotatable bonds is 4. The molecule has 4 aliphatic carbocycles. The molecule has 1 aromatic heterocycles. The highest BCUT2D eigenvalue weighted by molar-refractivity contribution is 6.36. The molecule has 0 spiro atoms. The van der Waals surface area contributed by atoms with E-state index in [1.807, 2.05) is 14.1 Å². The number of aryl methyl sites for hydroxylation is 1. The van der Waals surface area contributed by atoms with Gasteiger partial charge in [-0.3, -0.25) is 9.48 Å². The molecule has 4 saturated carbocycles.